The lowest BCUT2D eigenvalue weighted by molar-refractivity contribution is -0.332. The molecule has 10 aliphatic rings. The van der Waals surface area contributed by atoms with Crippen LogP contribution in [0.3, 0.4) is 0 Å². The summed E-state index contributed by atoms with van der Waals surface area (Å²) in [5.74, 6) is 1.76. The second-order valence-corrected chi connectivity index (χ2v) is 16.6. The zero-order valence-corrected chi connectivity index (χ0v) is 28.6. The largest absolute Gasteiger partial charge is 0.504 e. The first kappa shape index (κ1) is 30.1. The zero-order chi connectivity index (χ0) is 32.9. The number of nitrogens with zero attached hydrogens (tertiary/aromatic N) is 2. The van der Waals surface area contributed by atoms with Crippen LogP contribution in [0.25, 0.3) is 0 Å². The molecule has 49 heavy (non-hydrogen) atoms. The summed E-state index contributed by atoms with van der Waals surface area (Å²) in [7, 11) is 4.51. The van der Waals surface area contributed by atoms with Crippen molar-refractivity contribution in [2.75, 3.05) is 53.6 Å². The first-order valence-electron chi connectivity index (χ1n) is 18.8. The molecule has 8 atom stereocenters. The number of benzene rings is 2. The average molecular weight is 673 g/mol. The summed E-state index contributed by atoms with van der Waals surface area (Å²) in [6.07, 6.45) is 8.85. The minimum Gasteiger partial charge on any atom is -0.504 e. The van der Waals surface area contributed by atoms with Crippen LogP contribution in [0.15, 0.2) is 24.3 Å². The third kappa shape index (κ3) is 3.59. The van der Waals surface area contributed by atoms with Gasteiger partial charge in [-0.25, -0.2) is 0 Å². The van der Waals surface area contributed by atoms with Crippen LogP contribution in [0.1, 0.15) is 67.2 Å². The molecule has 6 fully saturated rings. The van der Waals surface area contributed by atoms with E-state index in [1.54, 1.807) is 12.1 Å². The maximum atomic E-state index is 10.5. The molecule has 4 spiro atoms. The number of hydrogen-bond acceptors (Lipinski definition) is 10. The van der Waals surface area contributed by atoms with Crippen LogP contribution in [0.5, 0.6) is 23.0 Å². The normalized spacial score (nSPS) is 40.9. The minimum atomic E-state index is -0.644. The number of likely N-dealkylation sites (N-methyl/N-ethyl adjacent to an activating group) is 2. The molecular formula is C39H48N2O8. The third-order valence-electron chi connectivity index (χ3n) is 14.9. The Morgan fingerprint density at radius 1 is 0.612 bits per heavy atom. The van der Waals surface area contributed by atoms with Crippen molar-refractivity contribution in [3.05, 3.63) is 46.5 Å². The van der Waals surface area contributed by atoms with Crippen molar-refractivity contribution in [3.8, 4) is 23.0 Å². The fraction of sp³-hybridized carbons (Fsp3) is 0.692. The SMILES string of the molecule is CN1CC[C@]23c4c5ccc(O)c4OC2C2(CCC3[C@H]1C5)OCCCO2.CN1CC[C@]23c4c5ccc(O)c4OC2C2(CCC3[C@H]1C5)OCCO2. The summed E-state index contributed by atoms with van der Waals surface area (Å²) >= 11 is 0. The van der Waals surface area contributed by atoms with E-state index in [1.165, 1.54) is 22.3 Å². The molecule has 6 heterocycles. The smallest absolute Gasteiger partial charge is 0.206 e. The summed E-state index contributed by atoms with van der Waals surface area (Å²) in [5, 5.41) is 21.0. The molecule has 0 amide bonds. The minimum absolute atomic E-state index is 0.0680. The molecule has 2 aromatic rings. The Labute approximate surface area is 287 Å². The zero-order valence-electron chi connectivity index (χ0n) is 28.6. The van der Waals surface area contributed by atoms with E-state index in [0.717, 1.165) is 84.1 Å². The van der Waals surface area contributed by atoms with Gasteiger partial charge in [0.2, 0.25) is 11.6 Å². The van der Waals surface area contributed by atoms with Crippen LogP contribution in [0.2, 0.25) is 0 Å². The monoisotopic (exact) mass is 672 g/mol. The lowest BCUT2D eigenvalue weighted by atomic mass is 9.50. The summed E-state index contributed by atoms with van der Waals surface area (Å²) < 4.78 is 37.8. The molecule has 2 N–H and O–H groups in total. The van der Waals surface area contributed by atoms with Crippen LogP contribution in [-0.2, 0) is 42.6 Å². The molecule has 12 rings (SSSR count). The van der Waals surface area contributed by atoms with Gasteiger partial charge >= 0.3 is 0 Å². The van der Waals surface area contributed by atoms with E-state index >= 15 is 0 Å². The highest BCUT2D eigenvalue weighted by molar-refractivity contribution is 5.62. The molecule has 0 radical (unpaired) electrons. The van der Waals surface area contributed by atoms with Gasteiger partial charge in [-0.05, 0) is 107 Å². The molecule has 4 saturated heterocycles. The van der Waals surface area contributed by atoms with Crippen molar-refractivity contribution in [2.45, 2.75) is 104 Å². The van der Waals surface area contributed by atoms with Gasteiger partial charge in [0.25, 0.3) is 0 Å². The van der Waals surface area contributed by atoms with Gasteiger partial charge in [0.1, 0.15) is 0 Å². The predicted octanol–water partition coefficient (Wildman–Crippen LogP) is 4.00. The van der Waals surface area contributed by atoms with Crippen LogP contribution < -0.4 is 9.47 Å². The van der Waals surface area contributed by atoms with E-state index in [2.05, 4.69) is 36.0 Å². The number of hydrogen-bond donors (Lipinski definition) is 2. The van der Waals surface area contributed by atoms with E-state index in [9.17, 15) is 10.2 Å². The first-order chi connectivity index (χ1) is 23.8. The summed E-state index contributed by atoms with van der Waals surface area (Å²) in [6.45, 7) is 4.87. The van der Waals surface area contributed by atoms with Crippen LogP contribution >= 0.6 is 0 Å². The van der Waals surface area contributed by atoms with E-state index in [1.807, 2.05) is 0 Å². The van der Waals surface area contributed by atoms with Crippen molar-refractivity contribution in [1.29, 1.82) is 0 Å². The Hall–Kier alpha value is -2.60. The van der Waals surface area contributed by atoms with Crippen molar-refractivity contribution in [1.82, 2.24) is 9.80 Å². The Bertz CT molecular complexity index is 1720. The van der Waals surface area contributed by atoms with Crippen LogP contribution in [-0.4, -0.2) is 109 Å². The van der Waals surface area contributed by atoms with E-state index in [0.29, 0.717) is 48.6 Å². The number of aromatic hydroxyl groups is 2. The average Bonchev–Trinajstić information content (AvgIpc) is 3.83. The second-order valence-electron chi connectivity index (χ2n) is 16.6. The van der Waals surface area contributed by atoms with Crippen molar-refractivity contribution < 1.29 is 38.6 Å². The topological polar surface area (TPSA) is 102 Å². The van der Waals surface area contributed by atoms with E-state index < -0.39 is 11.6 Å². The van der Waals surface area contributed by atoms with Gasteiger partial charge in [-0.1, -0.05) is 12.1 Å². The quantitative estimate of drug-likeness (QED) is 0.427. The number of phenolic OH excluding ortho intramolecular Hbond substituents is 2. The highest BCUT2D eigenvalue weighted by Gasteiger charge is 2.72. The Kier molecular flexibility index (Phi) is 6.16. The fourth-order valence-electron chi connectivity index (χ4n) is 13.1. The molecule has 4 unspecified atom stereocenters. The molecular weight excluding hydrogens is 624 g/mol. The number of fused-ring (bicyclic) bond motifs is 2. The molecule has 10 heteroatoms. The van der Waals surface area contributed by atoms with E-state index in [-0.39, 0.29) is 34.5 Å². The van der Waals surface area contributed by atoms with Gasteiger partial charge in [0, 0.05) is 46.9 Å². The number of phenols is 2. The maximum Gasteiger partial charge on any atom is 0.206 e. The third-order valence-corrected chi connectivity index (χ3v) is 14.9. The van der Waals surface area contributed by atoms with Gasteiger partial charge in [0.15, 0.2) is 35.2 Å². The van der Waals surface area contributed by atoms with E-state index in [4.69, 9.17) is 28.4 Å². The highest BCUT2D eigenvalue weighted by atomic mass is 16.8. The predicted molar refractivity (Wildman–Crippen MR) is 177 cm³/mol. The number of likely N-dealkylation sites (tertiary alicyclic amines) is 2. The highest BCUT2D eigenvalue weighted by Crippen LogP contribution is 2.68. The lowest BCUT2D eigenvalue weighted by Crippen LogP contribution is -2.71. The van der Waals surface area contributed by atoms with Crippen molar-refractivity contribution in [3.63, 3.8) is 0 Å². The van der Waals surface area contributed by atoms with Gasteiger partial charge in [-0.15, -0.1) is 0 Å². The van der Waals surface area contributed by atoms with Crippen molar-refractivity contribution >= 4 is 0 Å². The Morgan fingerprint density at radius 2 is 1.06 bits per heavy atom. The molecule has 2 aromatic carbocycles. The molecule has 4 bridgehead atoms. The fourth-order valence-corrected chi connectivity index (χ4v) is 13.1. The Morgan fingerprint density at radius 3 is 1.53 bits per heavy atom. The van der Waals surface area contributed by atoms with Gasteiger partial charge in [-0.3, -0.25) is 0 Å². The molecule has 6 aliphatic heterocycles. The Balaban J connectivity index is 0.000000118. The standard InChI is InChI=1S/C20H25NO4.C19H23NO4/c1-21-8-7-19-13-5-6-20(23-9-2-10-24-20)18(19)25-17-15(22)4-3-12(16(17)19)11-14(13)21;1-20-7-6-18-12-4-5-19(22-8-9-23-19)17(18)24-16-14(21)3-2-11(15(16)18)10-13(12)20/h3-4,13-14,18,22H,2,5-11H2,1H3;2-3,12-13,17,21H,4-10H2,1H3/t13?,14-,18?,19+;12?,13-,17?,18+/m11/s1. The summed E-state index contributed by atoms with van der Waals surface area (Å²) in [6, 6.07) is 8.89. The van der Waals surface area contributed by atoms with Gasteiger partial charge in [0.05, 0.1) is 26.4 Å². The first-order valence-corrected chi connectivity index (χ1v) is 18.8. The second kappa shape index (κ2) is 10.0. The molecule has 10 nitrogen and oxygen atoms in total. The maximum absolute atomic E-state index is 10.5. The number of rotatable bonds is 0. The van der Waals surface area contributed by atoms with Crippen LogP contribution in [0, 0.1) is 11.8 Å². The molecule has 262 valence electrons. The molecule has 4 aliphatic carbocycles. The molecule has 2 saturated carbocycles. The van der Waals surface area contributed by atoms with Gasteiger partial charge in [-0.2, -0.15) is 0 Å². The number of ether oxygens (including phenoxy) is 6. The van der Waals surface area contributed by atoms with Crippen LogP contribution in [0.4, 0.5) is 0 Å². The summed E-state index contributed by atoms with van der Waals surface area (Å²) in [5.41, 5.74) is 5.07. The lowest BCUT2D eigenvalue weighted by Gasteiger charge is -2.61. The van der Waals surface area contributed by atoms with Gasteiger partial charge < -0.3 is 48.4 Å². The number of piperidine rings is 2. The van der Waals surface area contributed by atoms with Crippen molar-refractivity contribution in [2.24, 2.45) is 11.8 Å². The molecule has 0 aromatic heterocycles. The summed E-state index contributed by atoms with van der Waals surface area (Å²) in [4.78, 5) is 5.05.